The van der Waals surface area contributed by atoms with Gasteiger partial charge >= 0.3 is 23.9 Å². The minimum Gasteiger partial charge on any atom is -0.480 e. The van der Waals surface area contributed by atoms with Crippen molar-refractivity contribution in [3.8, 4) is 0 Å². The lowest BCUT2D eigenvalue weighted by Crippen LogP contribution is -2.52. The van der Waals surface area contributed by atoms with E-state index in [9.17, 15) is 24.3 Å². The third-order valence-electron chi connectivity index (χ3n) is 6.56. The number of esters is 3. The molecule has 0 amide bonds. The molecule has 0 aromatic carbocycles. The SMILES string of the molecule is C=CCCC(C(=O)O)N1CCN(CC(=O)OC(C)(C)C)CCN(CC(=O)OC(C)(C)C)CCN(CC(=O)OC(C)(C)C)CC1. The molecule has 1 atom stereocenters. The zero-order valence-electron chi connectivity index (χ0n) is 28.6. The van der Waals surface area contributed by atoms with Gasteiger partial charge in [-0.15, -0.1) is 6.58 Å². The number of hydrogen-bond acceptors (Lipinski definition) is 11. The number of hydrogen-bond donors (Lipinski definition) is 1. The van der Waals surface area contributed by atoms with Crippen molar-refractivity contribution < 1.29 is 38.5 Å². The molecule has 1 rings (SSSR count). The summed E-state index contributed by atoms with van der Waals surface area (Å²) in [5.74, 6) is -2.04. The molecular weight excluding hydrogens is 568 g/mol. The molecule has 254 valence electrons. The molecule has 1 aliphatic heterocycles. The van der Waals surface area contributed by atoms with Gasteiger partial charge in [0.15, 0.2) is 0 Å². The highest BCUT2D eigenvalue weighted by molar-refractivity contribution is 5.74. The number of carboxylic acids is 1. The standard InChI is InChI=1S/C32H58N4O8/c1-11-12-13-25(29(40)41)36-20-18-34(23-27(38)43-31(5,6)7)16-14-33(22-26(37)42-30(2,3)4)15-17-35(19-21-36)24-28(39)44-32(8,9)10/h11,25H,1,12-24H2,2-10H3,(H,40,41). The lowest BCUT2D eigenvalue weighted by molar-refractivity contribution is -0.158. The van der Waals surface area contributed by atoms with Crippen LogP contribution in [0, 0.1) is 0 Å². The van der Waals surface area contributed by atoms with Crippen LogP contribution in [0.25, 0.3) is 0 Å². The summed E-state index contributed by atoms with van der Waals surface area (Å²) in [7, 11) is 0. The molecule has 0 aromatic heterocycles. The van der Waals surface area contributed by atoms with Gasteiger partial charge in [-0.25, -0.2) is 0 Å². The quantitative estimate of drug-likeness (QED) is 0.206. The molecule has 0 aliphatic carbocycles. The number of nitrogens with zero attached hydrogens (tertiary/aromatic N) is 4. The van der Waals surface area contributed by atoms with Crippen molar-refractivity contribution in [3.63, 3.8) is 0 Å². The Labute approximate surface area is 264 Å². The van der Waals surface area contributed by atoms with Crippen molar-refractivity contribution in [3.05, 3.63) is 12.7 Å². The van der Waals surface area contributed by atoms with Gasteiger partial charge < -0.3 is 19.3 Å². The van der Waals surface area contributed by atoms with Crippen molar-refractivity contribution in [2.24, 2.45) is 0 Å². The minimum absolute atomic E-state index is 0.0283. The first-order valence-corrected chi connectivity index (χ1v) is 15.6. The number of carboxylic acid groups (broad SMARTS) is 1. The van der Waals surface area contributed by atoms with Crippen LogP contribution in [-0.4, -0.2) is 143 Å². The predicted molar refractivity (Wildman–Crippen MR) is 169 cm³/mol. The van der Waals surface area contributed by atoms with Crippen LogP contribution < -0.4 is 0 Å². The molecule has 1 unspecified atom stereocenters. The fourth-order valence-corrected chi connectivity index (χ4v) is 4.75. The van der Waals surface area contributed by atoms with Crippen molar-refractivity contribution in [2.45, 2.75) is 98.0 Å². The number of ether oxygens (including phenoxy) is 3. The van der Waals surface area contributed by atoms with Crippen LogP contribution in [0.5, 0.6) is 0 Å². The number of allylic oxidation sites excluding steroid dienone is 1. The first kappa shape index (κ1) is 39.5. The Hall–Kier alpha value is -2.54. The lowest BCUT2D eigenvalue weighted by Gasteiger charge is -2.36. The highest BCUT2D eigenvalue weighted by Crippen LogP contribution is 2.14. The summed E-state index contributed by atoms with van der Waals surface area (Å²) in [4.78, 5) is 58.5. The van der Waals surface area contributed by atoms with E-state index in [2.05, 4.69) is 6.58 Å². The van der Waals surface area contributed by atoms with Gasteiger partial charge in [0.2, 0.25) is 0 Å². The lowest BCUT2D eigenvalue weighted by atomic mass is 10.1. The number of carbonyl (C=O) groups is 4. The molecule has 0 radical (unpaired) electrons. The average Bonchev–Trinajstić information content (AvgIpc) is 2.81. The third-order valence-corrected chi connectivity index (χ3v) is 6.56. The van der Waals surface area contributed by atoms with Crippen LogP contribution >= 0.6 is 0 Å². The number of carbonyl (C=O) groups excluding carboxylic acids is 3. The van der Waals surface area contributed by atoms with Crippen LogP contribution in [0.2, 0.25) is 0 Å². The molecule has 0 bridgehead atoms. The molecule has 44 heavy (non-hydrogen) atoms. The highest BCUT2D eigenvalue weighted by Gasteiger charge is 2.29. The van der Waals surface area contributed by atoms with E-state index in [4.69, 9.17) is 14.2 Å². The fourth-order valence-electron chi connectivity index (χ4n) is 4.75. The van der Waals surface area contributed by atoms with Gasteiger partial charge in [0.05, 0.1) is 19.6 Å². The molecule has 1 N–H and O–H groups in total. The van der Waals surface area contributed by atoms with E-state index in [1.165, 1.54) is 0 Å². The van der Waals surface area contributed by atoms with Gasteiger partial charge in [-0.1, -0.05) is 6.08 Å². The van der Waals surface area contributed by atoms with Crippen LogP contribution in [0.15, 0.2) is 12.7 Å². The van der Waals surface area contributed by atoms with Crippen molar-refractivity contribution in [1.29, 1.82) is 0 Å². The highest BCUT2D eigenvalue weighted by atomic mass is 16.6. The van der Waals surface area contributed by atoms with Gasteiger partial charge in [-0.2, -0.15) is 0 Å². The second-order valence-corrected chi connectivity index (χ2v) is 14.3. The second kappa shape index (κ2) is 17.8. The van der Waals surface area contributed by atoms with E-state index >= 15 is 0 Å². The first-order chi connectivity index (χ1) is 20.2. The minimum atomic E-state index is -0.931. The molecule has 12 heteroatoms. The van der Waals surface area contributed by atoms with Crippen LogP contribution in [0.4, 0.5) is 0 Å². The number of aliphatic carboxylic acids is 1. The van der Waals surface area contributed by atoms with Gasteiger partial charge in [-0.05, 0) is 75.2 Å². The Balaban J connectivity index is 3.32. The Kier molecular flexibility index (Phi) is 16.0. The molecule has 0 spiro atoms. The van der Waals surface area contributed by atoms with E-state index in [1.54, 1.807) is 6.08 Å². The summed E-state index contributed by atoms with van der Waals surface area (Å²) in [6, 6.07) is -0.758. The average molecular weight is 627 g/mol. The molecule has 12 nitrogen and oxygen atoms in total. The summed E-state index contributed by atoms with van der Waals surface area (Å²) >= 11 is 0. The largest absolute Gasteiger partial charge is 0.480 e. The summed E-state index contributed by atoms with van der Waals surface area (Å²) in [5.41, 5.74) is -1.92. The van der Waals surface area contributed by atoms with Crippen molar-refractivity contribution >= 4 is 23.9 Å². The molecule has 0 aromatic rings. The molecule has 1 aliphatic rings. The zero-order chi connectivity index (χ0) is 33.7. The van der Waals surface area contributed by atoms with E-state index in [0.717, 1.165) is 0 Å². The van der Waals surface area contributed by atoms with Gasteiger partial charge in [0, 0.05) is 52.4 Å². The Bertz CT molecular complexity index is 905. The van der Waals surface area contributed by atoms with E-state index in [1.807, 2.05) is 81.9 Å². The van der Waals surface area contributed by atoms with E-state index < -0.39 is 28.8 Å². The topological polar surface area (TPSA) is 129 Å². The van der Waals surface area contributed by atoms with Crippen molar-refractivity contribution in [1.82, 2.24) is 19.6 Å². The van der Waals surface area contributed by atoms with Crippen LogP contribution in [-0.2, 0) is 33.4 Å². The normalized spacial score (nSPS) is 18.4. The maximum Gasteiger partial charge on any atom is 0.320 e. The Morgan fingerprint density at radius 3 is 1.18 bits per heavy atom. The summed E-state index contributed by atoms with van der Waals surface area (Å²) in [6.45, 7) is 23.5. The molecule has 1 heterocycles. The predicted octanol–water partition coefficient (Wildman–Crippen LogP) is 2.65. The summed E-state index contributed by atoms with van der Waals surface area (Å²) < 4.78 is 16.7. The fraction of sp³-hybridized carbons (Fsp3) is 0.812. The second-order valence-electron chi connectivity index (χ2n) is 14.3. The smallest absolute Gasteiger partial charge is 0.320 e. The van der Waals surface area contributed by atoms with Crippen molar-refractivity contribution in [2.75, 3.05) is 72.0 Å². The van der Waals surface area contributed by atoms with Gasteiger partial charge in [-0.3, -0.25) is 38.8 Å². The maximum absolute atomic E-state index is 12.8. The Morgan fingerprint density at radius 2 is 0.932 bits per heavy atom. The third kappa shape index (κ3) is 18.3. The van der Waals surface area contributed by atoms with E-state index in [-0.39, 0.29) is 37.5 Å². The zero-order valence-corrected chi connectivity index (χ0v) is 28.6. The monoisotopic (exact) mass is 626 g/mol. The summed E-state index contributed by atoms with van der Waals surface area (Å²) in [6.07, 6.45) is 2.63. The molecular formula is C32H58N4O8. The number of rotatable bonds is 11. The summed E-state index contributed by atoms with van der Waals surface area (Å²) in [5, 5.41) is 10.1. The van der Waals surface area contributed by atoms with Gasteiger partial charge in [0.25, 0.3) is 0 Å². The maximum atomic E-state index is 12.8. The molecule has 1 fully saturated rings. The molecule has 1 saturated heterocycles. The first-order valence-electron chi connectivity index (χ1n) is 15.6. The van der Waals surface area contributed by atoms with Crippen LogP contribution in [0.3, 0.4) is 0 Å². The van der Waals surface area contributed by atoms with Crippen LogP contribution in [0.1, 0.15) is 75.2 Å². The van der Waals surface area contributed by atoms with E-state index in [0.29, 0.717) is 65.2 Å². The Morgan fingerprint density at radius 1 is 0.636 bits per heavy atom. The van der Waals surface area contributed by atoms with Gasteiger partial charge in [0.1, 0.15) is 22.8 Å². The molecule has 0 saturated carbocycles.